The van der Waals surface area contributed by atoms with Gasteiger partial charge in [0, 0.05) is 31.5 Å². The molecule has 0 aliphatic carbocycles. The molecule has 0 spiro atoms. The van der Waals surface area contributed by atoms with Crippen LogP contribution in [-0.4, -0.2) is 76.1 Å². The molecule has 8 nitrogen and oxygen atoms in total. The zero-order valence-corrected chi connectivity index (χ0v) is 16.2. The molecule has 1 aliphatic heterocycles. The number of rotatable bonds is 8. The van der Waals surface area contributed by atoms with E-state index < -0.39 is 0 Å². The lowest BCUT2D eigenvalue weighted by Gasteiger charge is -2.38. The van der Waals surface area contributed by atoms with Gasteiger partial charge in [-0.25, -0.2) is 4.98 Å². The molecule has 1 aromatic heterocycles. The first-order valence-electron chi connectivity index (χ1n) is 8.85. The van der Waals surface area contributed by atoms with Crippen LogP contribution in [-0.2, 0) is 4.74 Å². The Bertz CT molecular complexity index is 671. The number of amides is 1. The highest BCUT2D eigenvalue weighted by Gasteiger charge is 2.30. The summed E-state index contributed by atoms with van der Waals surface area (Å²) in [6, 6.07) is 9.38. The molecule has 9 heteroatoms. The summed E-state index contributed by atoms with van der Waals surface area (Å²) in [6.07, 6.45) is 3.51. The zero-order valence-electron chi connectivity index (χ0n) is 15.4. The predicted molar refractivity (Wildman–Crippen MR) is 105 cm³/mol. The maximum absolute atomic E-state index is 12.4. The van der Waals surface area contributed by atoms with Crippen LogP contribution in [0, 0.1) is 0 Å². The number of hydrogen-bond donors (Lipinski definition) is 2. The number of carbonyl (C=O) groups is 1. The Morgan fingerprint density at radius 1 is 1.41 bits per heavy atom. The van der Waals surface area contributed by atoms with Crippen LogP contribution in [0.3, 0.4) is 0 Å². The fourth-order valence-corrected chi connectivity index (χ4v) is 3.86. The standard InChI is InChI=1S/C18H25N5O2S.H2O/c1-25-16-12-23(9-5-11-26-18-19-13-20-22-18)10-8-15(16)21-17(24)14-6-3-2-4-7-14;/h2-4,6-7,13,15-16H,5,8-12H2,1H3,(H,21,24)(H,19,20,22);1H2. The minimum absolute atomic E-state index is 0. The summed E-state index contributed by atoms with van der Waals surface area (Å²) < 4.78 is 5.65. The average Bonchev–Trinajstić information content (AvgIpc) is 3.20. The molecule has 1 aromatic carbocycles. The van der Waals surface area contributed by atoms with E-state index in [9.17, 15) is 4.79 Å². The molecule has 4 N–H and O–H groups in total. The van der Waals surface area contributed by atoms with Gasteiger partial charge in [0.2, 0.25) is 0 Å². The number of hydrogen-bond acceptors (Lipinski definition) is 6. The molecule has 27 heavy (non-hydrogen) atoms. The van der Waals surface area contributed by atoms with Crippen LogP contribution in [0.5, 0.6) is 0 Å². The first-order chi connectivity index (χ1) is 12.8. The molecule has 0 radical (unpaired) electrons. The number of benzene rings is 1. The van der Waals surface area contributed by atoms with Gasteiger partial charge in [-0.1, -0.05) is 30.0 Å². The number of piperidine rings is 1. The number of methoxy groups -OCH3 is 1. The normalized spacial score (nSPS) is 20.0. The molecular weight excluding hydrogens is 366 g/mol. The smallest absolute Gasteiger partial charge is 0.251 e. The van der Waals surface area contributed by atoms with Crippen LogP contribution in [0.4, 0.5) is 0 Å². The molecule has 1 amide bonds. The molecule has 2 heterocycles. The van der Waals surface area contributed by atoms with E-state index in [4.69, 9.17) is 4.74 Å². The molecule has 148 valence electrons. The summed E-state index contributed by atoms with van der Waals surface area (Å²) in [5, 5.41) is 10.7. The van der Waals surface area contributed by atoms with Crippen molar-refractivity contribution in [3.05, 3.63) is 42.2 Å². The third-order valence-electron chi connectivity index (χ3n) is 4.55. The third kappa shape index (κ3) is 6.31. The Morgan fingerprint density at radius 2 is 2.22 bits per heavy atom. The highest BCUT2D eigenvalue weighted by atomic mass is 32.2. The van der Waals surface area contributed by atoms with Gasteiger partial charge >= 0.3 is 0 Å². The van der Waals surface area contributed by atoms with Gasteiger partial charge in [0.25, 0.3) is 5.91 Å². The lowest BCUT2D eigenvalue weighted by Crippen LogP contribution is -2.54. The summed E-state index contributed by atoms with van der Waals surface area (Å²) in [4.78, 5) is 18.9. The van der Waals surface area contributed by atoms with Crippen molar-refractivity contribution in [3.63, 3.8) is 0 Å². The first kappa shape index (κ1) is 21.4. The Balaban J connectivity index is 0.00000261. The van der Waals surface area contributed by atoms with Crippen molar-refractivity contribution in [2.75, 3.05) is 32.5 Å². The number of aromatic nitrogens is 3. The molecule has 0 bridgehead atoms. The second-order valence-corrected chi connectivity index (χ2v) is 7.39. The number of ether oxygens (including phenoxy) is 1. The second-order valence-electron chi connectivity index (χ2n) is 6.30. The topological polar surface area (TPSA) is 115 Å². The maximum Gasteiger partial charge on any atom is 0.251 e. The first-order valence-corrected chi connectivity index (χ1v) is 9.84. The average molecular weight is 394 g/mol. The Kier molecular flexibility index (Phi) is 8.73. The number of nitrogens with one attached hydrogen (secondary N) is 2. The third-order valence-corrected chi connectivity index (χ3v) is 5.51. The predicted octanol–water partition coefficient (Wildman–Crippen LogP) is 0.981. The van der Waals surface area contributed by atoms with Crippen LogP contribution >= 0.6 is 11.8 Å². The van der Waals surface area contributed by atoms with Crippen molar-refractivity contribution in [2.24, 2.45) is 0 Å². The number of thioether (sulfide) groups is 1. The lowest BCUT2D eigenvalue weighted by atomic mass is 10.0. The monoisotopic (exact) mass is 393 g/mol. The number of H-pyrrole nitrogens is 1. The number of nitrogens with zero attached hydrogens (tertiary/aromatic N) is 3. The van der Waals surface area contributed by atoms with Crippen LogP contribution in [0.2, 0.25) is 0 Å². The summed E-state index contributed by atoms with van der Waals surface area (Å²) in [5.74, 6) is 0.965. The lowest BCUT2D eigenvalue weighted by molar-refractivity contribution is 0.00658. The molecule has 1 fully saturated rings. The van der Waals surface area contributed by atoms with E-state index in [0.29, 0.717) is 5.56 Å². The fraction of sp³-hybridized carbons (Fsp3) is 0.500. The van der Waals surface area contributed by atoms with Crippen molar-refractivity contribution in [1.29, 1.82) is 0 Å². The van der Waals surface area contributed by atoms with Gasteiger partial charge in [-0.15, -0.1) is 0 Å². The molecule has 3 rings (SSSR count). The Labute approximate surface area is 163 Å². The van der Waals surface area contributed by atoms with Gasteiger partial charge in [-0.2, -0.15) is 5.10 Å². The van der Waals surface area contributed by atoms with Crippen LogP contribution < -0.4 is 5.32 Å². The van der Waals surface area contributed by atoms with Gasteiger partial charge in [0.1, 0.15) is 6.33 Å². The van der Waals surface area contributed by atoms with Gasteiger partial charge in [-0.05, 0) is 31.5 Å². The quantitative estimate of drug-likeness (QED) is 0.510. The van der Waals surface area contributed by atoms with Gasteiger partial charge in [-0.3, -0.25) is 9.89 Å². The van der Waals surface area contributed by atoms with E-state index in [1.54, 1.807) is 18.9 Å². The molecule has 1 saturated heterocycles. The summed E-state index contributed by atoms with van der Waals surface area (Å²) in [7, 11) is 1.72. The fourth-order valence-electron chi connectivity index (χ4n) is 3.15. The van der Waals surface area contributed by atoms with Crippen molar-refractivity contribution < 1.29 is 15.0 Å². The number of aromatic amines is 1. The Morgan fingerprint density at radius 3 is 2.93 bits per heavy atom. The van der Waals surface area contributed by atoms with E-state index in [1.807, 2.05) is 30.3 Å². The second kappa shape index (κ2) is 11.0. The Hall–Kier alpha value is -1.94. The summed E-state index contributed by atoms with van der Waals surface area (Å²) in [5.41, 5.74) is 0.689. The minimum Gasteiger partial charge on any atom is -0.412 e. The van der Waals surface area contributed by atoms with Crippen molar-refractivity contribution in [3.8, 4) is 0 Å². The zero-order chi connectivity index (χ0) is 18.2. The number of carbonyl (C=O) groups excluding carboxylic acids is 1. The highest BCUT2D eigenvalue weighted by molar-refractivity contribution is 7.99. The van der Waals surface area contributed by atoms with Gasteiger partial charge < -0.3 is 20.4 Å². The van der Waals surface area contributed by atoms with Gasteiger partial charge in [0.15, 0.2) is 5.16 Å². The van der Waals surface area contributed by atoms with Crippen LogP contribution in [0.1, 0.15) is 23.2 Å². The van der Waals surface area contributed by atoms with E-state index in [1.165, 1.54) is 6.33 Å². The molecule has 2 atom stereocenters. The van der Waals surface area contributed by atoms with Crippen LogP contribution in [0.15, 0.2) is 41.8 Å². The van der Waals surface area contributed by atoms with Crippen molar-refractivity contribution >= 4 is 17.7 Å². The summed E-state index contributed by atoms with van der Waals surface area (Å²) >= 11 is 1.68. The molecule has 1 aliphatic rings. The van der Waals surface area contributed by atoms with E-state index >= 15 is 0 Å². The molecule has 2 aromatic rings. The SMILES string of the molecule is COC1CN(CCCSc2ncn[nH]2)CCC1NC(=O)c1ccccc1.O. The van der Waals surface area contributed by atoms with E-state index in [-0.39, 0.29) is 23.5 Å². The molecular formula is C18H27N5O3S. The maximum atomic E-state index is 12.4. The summed E-state index contributed by atoms with van der Waals surface area (Å²) in [6.45, 7) is 2.82. The highest BCUT2D eigenvalue weighted by Crippen LogP contribution is 2.17. The molecule has 0 saturated carbocycles. The van der Waals surface area contributed by atoms with Crippen LogP contribution in [0.25, 0.3) is 0 Å². The van der Waals surface area contributed by atoms with E-state index in [2.05, 4.69) is 25.4 Å². The van der Waals surface area contributed by atoms with Crippen molar-refractivity contribution in [1.82, 2.24) is 25.4 Å². The minimum atomic E-state index is -0.0328. The number of likely N-dealkylation sites (tertiary alicyclic amines) is 1. The van der Waals surface area contributed by atoms with Gasteiger partial charge in [0.05, 0.1) is 12.1 Å². The van der Waals surface area contributed by atoms with E-state index in [0.717, 1.165) is 43.4 Å². The molecule has 2 unspecified atom stereocenters. The largest absolute Gasteiger partial charge is 0.412 e. The van der Waals surface area contributed by atoms with Crippen molar-refractivity contribution in [2.45, 2.75) is 30.1 Å².